The number of carbonyl (C=O) groups excluding carboxylic acids is 1. The molecule has 1 amide bonds. The standard InChI is InChI=1S/C23H24N4O/c28-23(21-10-9-18-6-2-4-8-20(18)25-21)27-15-13-26(14-16-27)22-19-7-3-1-5-17(19)11-12-24-22/h1-8,11-12,21,25H,9-10,13-16H2. The molecule has 1 atom stereocenters. The summed E-state index contributed by atoms with van der Waals surface area (Å²) in [5, 5.41) is 5.82. The van der Waals surface area contributed by atoms with Crippen LogP contribution >= 0.6 is 0 Å². The van der Waals surface area contributed by atoms with Gasteiger partial charge in [0.1, 0.15) is 11.9 Å². The molecule has 0 spiro atoms. The largest absolute Gasteiger partial charge is 0.373 e. The fourth-order valence-corrected chi connectivity index (χ4v) is 4.34. The molecule has 0 bridgehead atoms. The van der Waals surface area contributed by atoms with Crippen molar-refractivity contribution in [3.8, 4) is 0 Å². The van der Waals surface area contributed by atoms with Crippen LogP contribution in [0, 0.1) is 0 Å². The fraction of sp³-hybridized carbons (Fsp3) is 0.304. The van der Waals surface area contributed by atoms with E-state index in [9.17, 15) is 4.79 Å². The van der Waals surface area contributed by atoms with E-state index in [0.29, 0.717) is 0 Å². The second-order valence-corrected chi connectivity index (χ2v) is 7.56. The number of nitrogens with zero attached hydrogens (tertiary/aromatic N) is 3. The first-order valence-corrected chi connectivity index (χ1v) is 10.0. The van der Waals surface area contributed by atoms with Crippen LogP contribution in [0.3, 0.4) is 0 Å². The lowest BCUT2D eigenvalue weighted by Gasteiger charge is -2.38. The van der Waals surface area contributed by atoms with Gasteiger partial charge in [-0.2, -0.15) is 0 Å². The maximum Gasteiger partial charge on any atom is 0.245 e. The number of rotatable bonds is 2. The normalized spacial score (nSPS) is 19.2. The summed E-state index contributed by atoms with van der Waals surface area (Å²) >= 11 is 0. The number of fused-ring (bicyclic) bond motifs is 2. The zero-order valence-electron chi connectivity index (χ0n) is 15.8. The smallest absolute Gasteiger partial charge is 0.245 e. The lowest BCUT2D eigenvalue weighted by atomic mass is 9.97. The number of hydrogen-bond acceptors (Lipinski definition) is 4. The molecule has 1 saturated heterocycles. The number of aromatic nitrogens is 1. The molecule has 1 N–H and O–H groups in total. The molecule has 1 unspecified atom stereocenters. The molecule has 3 heterocycles. The van der Waals surface area contributed by atoms with Gasteiger partial charge in [0, 0.05) is 43.4 Å². The highest BCUT2D eigenvalue weighted by Gasteiger charge is 2.30. The van der Waals surface area contributed by atoms with Crippen molar-refractivity contribution in [1.82, 2.24) is 9.88 Å². The molecule has 28 heavy (non-hydrogen) atoms. The zero-order valence-corrected chi connectivity index (χ0v) is 15.8. The van der Waals surface area contributed by atoms with Crippen LogP contribution in [0.5, 0.6) is 0 Å². The van der Waals surface area contributed by atoms with E-state index in [0.717, 1.165) is 50.5 Å². The number of aryl methyl sites for hydroxylation is 1. The predicted octanol–water partition coefficient (Wildman–Crippen LogP) is 3.31. The molecule has 0 aliphatic carbocycles. The first-order chi connectivity index (χ1) is 13.8. The van der Waals surface area contributed by atoms with Crippen LogP contribution in [-0.4, -0.2) is 48.0 Å². The van der Waals surface area contributed by atoms with Gasteiger partial charge in [-0.05, 0) is 35.9 Å². The monoisotopic (exact) mass is 372 g/mol. The average molecular weight is 372 g/mol. The predicted molar refractivity (Wildman–Crippen MR) is 113 cm³/mol. The van der Waals surface area contributed by atoms with Gasteiger partial charge in [-0.1, -0.05) is 42.5 Å². The zero-order chi connectivity index (χ0) is 18.9. The Morgan fingerprint density at radius 2 is 1.75 bits per heavy atom. The number of hydrogen-bond donors (Lipinski definition) is 1. The second kappa shape index (κ2) is 7.15. The Balaban J connectivity index is 1.27. The fourth-order valence-electron chi connectivity index (χ4n) is 4.34. The molecule has 2 aromatic carbocycles. The van der Waals surface area contributed by atoms with Crippen molar-refractivity contribution in [2.24, 2.45) is 0 Å². The summed E-state index contributed by atoms with van der Waals surface area (Å²) in [4.78, 5) is 22.0. The van der Waals surface area contributed by atoms with Crippen molar-refractivity contribution in [1.29, 1.82) is 0 Å². The van der Waals surface area contributed by atoms with Crippen molar-refractivity contribution >= 4 is 28.2 Å². The van der Waals surface area contributed by atoms with Crippen LogP contribution in [0.4, 0.5) is 11.5 Å². The highest BCUT2D eigenvalue weighted by molar-refractivity contribution is 5.92. The van der Waals surface area contributed by atoms with E-state index < -0.39 is 0 Å². The third-order valence-electron chi connectivity index (χ3n) is 5.89. The summed E-state index contributed by atoms with van der Waals surface area (Å²) in [6.07, 6.45) is 3.69. The van der Waals surface area contributed by atoms with Gasteiger partial charge < -0.3 is 15.1 Å². The second-order valence-electron chi connectivity index (χ2n) is 7.56. The van der Waals surface area contributed by atoms with Crippen LogP contribution in [0.15, 0.2) is 60.8 Å². The van der Waals surface area contributed by atoms with Crippen molar-refractivity contribution in [2.75, 3.05) is 36.4 Å². The topological polar surface area (TPSA) is 48.5 Å². The summed E-state index contributed by atoms with van der Waals surface area (Å²) in [5.74, 6) is 1.25. The molecular weight excluding hydrogens is 348 g/mol. The van der Waals surface area contributed by atoms with Crippen LogP contribution in [0.2, 0.25) is 0 Å². The number of para-hydroxylation sites is 1. The maximum atomic E-state index is 13.0. The summed E-state index contributed by atoms with van der Waals surface area (Å²) in [5.41, 5.74) is 2.41. The Morgan fingerprint density at radius 3 is 2.64 bits per heavy atom. The number of carbonyl (C=O) groups is 1. The van der Waals surface area contributed by atoms with Gasteiger partial charge >= 0.3 is 0 Å². The molecule has 0 radical (unpaired) electrons. The van der Waals surface area contributed by atoms with Crippen molar-refractivity contribution in [3.05, 3.63) is 66.4 Å². The highest BCUT2D eigenvalue weighted by Crippen LogP contribution is 2.27. The number of pyridine rings is 1. The number of nitrogens with one attached hydrogen (secondary N) is 1. The molecule has 2 aliphatic heterocycles. The minimum atomic E-state index is -0.114. The molecule has 1 fully saturated rings. The van der Waals surface area contributed by atoms with Crippen molar-refractivity contribution < 1.29 is 4.79 Å². The Kier molecular flexibility index (Phi) is 4.35. The highest BCUT2D eigenvalue weighted by atomic mass is 16.2. The quantitative estimate of drug-likeness (QED) is 0.750. The van der Waals surface area contributed by atoms with E-state index in [-0.39, 0.29) is 11.9 Å². The third kappa shape index (κ3) is 3.07. The lowest BCUT2D eigenvalue weighted by Crippen LogP contribution is -2.53. The van der Waals surface area contributed by atoms with Crippen LogP contribution in [0.25, 0.3) is 10.8 Å². The van der Waals surface area contributed by atoms with Gasteiger partial charge in [0.2, 0.25) is 5.91 Å². The maximum absolute atomic E-state index is 13.0. The minimum Gasteiger partial charge on any atom is -0.373 e. The number of benzene rings is 2. The molecule has 5 rings (SSSR count). The number of anilines is 2. The molecule has 2 aliphatic rings. The van der Waals surface area contributed by atoms with Crippen molar-refractivity contribution in [3.63, 3.8) is 0 Å². The van der Waals surface area contributed by atoms with Gasteiger partial charge in [0.25, 0.3) is 0 Å². The molecule has 142 valence electrons. The SMILES string of the molecule is O=C(C1CCc2ccccc2N1)N1CCN(c2nccc3ccccc23)CC1. The summed E-state index contributed by atoms with van der Waals surface area (Å²) < 4.78 is 0. The Hall–Kier alpha value is -3.08. The molecule has 0 saturated carbocycles. The summed E-state index contributed by atoms with van der Waals surface area (Å²) in [7, 11) is 0. The van der Waals surface area contributed by atoms with Gasteiger partial charge in [0.15, 0.2) is 0 Å². The Labute approximate surface area is 165 Å². The number of amides is 1. The first kappa shape index (κ1) is 17.0. The van der Waals surface area contributed by atoms with E-state index in [1.54, 1.807) is 0 Å². The molecule has 5 heteroatoms. The van der Waals surface area contributed by atoms with Crippen LogP contribution < -0.4 is 10.2 Å². The molecular formula is C23H24N4O. The summed E-state index contributed by atoms with van der Waals surface area (Å²) in [6, 6.07) is 18.6. The Morgan fingerprint density at radius 1 is 0.964 bits per heavy atom. The van der Waals surface area contributed by atoms with Gasteiger partial charge in [-0.3, -0.25) is 4.79 Å². The lowest BCUT2D eigenvalue weighted by molar-refractivity contribution is -0.132. The van der Waals surface area contributed by atoms with E-state index in [4.69, 9.17) is 0 Å². The molecule has 1 aromatic heterocycles. The molecule has 5 nitrogen and oxygen atoms in total. The van der Waals surface area contributed by atoms with Crippen molar-refractivity contribution in [2.45, 2.75) is 18.9 Å². The summed E-state index contributed by atoms with van der Waals surface area (Å²) in [6.45, 7) is 3.11. The van der Waals surface area contributed by atoms with Gasteiger partial charge in [0.05, 0.1) is 0 Å². The van der Waals surface area contributed by atoms with Gasteiger partial charge in [-0.15, -0.1) is 0 Å². The first-order valence-electron chi connectivity index (χ1n) is 10.0. The molecule has 3 aromatic rings. The van der Waals surface area contributed by atoms with Crippen LogP contribution in [-0.2, 0) is 11.2 Å². The van der Waals surface area contributed by atoms with E-state index >= 15 is 0 Å². The van der Waals surface area contributed by atoms with E-state index in [1.165, 1.54) is 16.3 Å². The third-order valence-corrected chi connectivity index (χ3v) is 5.89. The Bertz CT molecular complexity index is 1000. The van der Waals surface area contributed by atoms with Gasteiger partial charge in [-0.25, -0.2) is 4.98 Å². The van der Waals surface area contributed by atoms with E-state index in [2.05, 4.69) is 57.7 Å². The number of piperazine rings is 1. The van der Waals surface area contributed by atoms with E-state index in [1.807, 2.05) is 23.2 Å². The average Bonchev–Trinajstić information content (AvgIpc) is 2.78. The van der Waals surface area contributed by atoms with Crippen LogP contribution in [0.1, 0.15) is 12.0 Å². The minimum absolute atomic E-state index is 0.114.